The lowest BCUT2D eigenvalue weighted by atomic mass is 10.1. The van der Waals surface area contributed by atoms with E-state index in [0.29, 0.717) is 17.0 Å². The van der Waals surface area contributed by atoms with Crippen molar-refractivity contribution < 1.29 is 4.52 Å². The van der Waals surface area contributed by atoms with Gasteiger partial charge in [0.1, 0.15) is 17.3 Å². The molecule has 8 heteroatoms. The molecule has 0 saturated carbocycles. The molecule has 8 nitrogen and oxygen atoms in total. The molecule has 0 radical (unpaired) electrons. The van der Waals surface area contributed by atoms with E-state index >= 15 is 0 Å². The molecule has 4 heterocycles. The third-order valence-corrected chi connectivity index (χ3v) is 4.70. The average molecular weight is 388 g/mol. The molecule has 0 bridgehead atoms. The van der Waals surface area contributed by atoms with Crippen molar-refractivity contribution in [2.45, 2.75) is 20.4 Å². The van der Waals surface area contributed by atoms with E-state index in [-0.39, 0.29) is 12.1 Å². The van der Waals surface area contributed by atoms with Gasteiger partial charge in [-0.1, -0.05) is 5.16 Å². The van der Waals surface area contributed by atoms with Crippen LogP contribution in [0.25, 0.3) is 22.4 Å². The Morgan fingerprint density at radius 3 is 2.45 bits per heavy atom. The number of hydrogen-bond acceptors (Lipinski definition) is 7. The highest BCUT2D eigenvalue weighted by molar-refractivity contribution is 5.63. The van der Waals surface area contributed by atoms with Crippen LogP contribution in [0.5, 0.6) is 0 Å². The van der Waals surface area contributed by atoms with Gasteiger partial charge in [-0.2, -0.15) is 5.10 Å². The molecule has 0 aliphatic rings. The lowest BCUT2D eigenvalue weighted by molar-refractivity contribution is 0.397. The first-order chi connectivity index (χ1) is 14.0. The number of nitrogens with one attached hydrogen (secondary N) is 1. The van der Waals surface area contributed by atoms with Crippen molar-refractivity contribution >= 4 is 5.82 Å². The lowest BCUT2D eigenvalue weighted by Crippen LogP contribution is -2.23. The largest absolute Gasteiger partial charge is 0.373 e. The Bertz CT molecular complexity index is 1190. The zero-order valence-electron chi connectivity index (χ0n) is 16.4. The predicted octanol–water partition coefficient (Wildman–Crippen LogP) is 3.06. The van der Waals surface area contributed by atoms with Gasteiger partial charge in [-0.3, -0.25) is 9.78 Å². The van der Waals surface area contributed by atoms with Crippen LogP contribution in [0.2, 0.25) is 0 Å². The highest BCUT2D eigenvalue weighted by Gasteiger charge is 2.17. The number of rotatable bonds is 5. The summed E-state index contributed by atoms with van der Waals surface area (Å²) in [6, 6.07) is 9.15. The van der Waals surface area contributed by atoms with Crippen molar-refractivity contribution in [3.8, 4) is 22.4 Å². The molecule has 1 N–H and O–H groups in total. The molecule has 4 aromatic heterocycles. The van der Waals surface area contributed by atoms with Crippen LogP contribution in [-0.4, -0.2) is 32.0 Å². The van der Waals surface area contributed by atoms with Crippen molar-refractivity contribution in [1.82, 2.24) is 24.9 Å². The van der Waals surface area contributed by atoms with Crippen molar-refractivity contribution in [1.29, 1.82) is 0 Å². The van der Waals surface area contributed by atoms with Gasteiger partial charge in [-0.15, -0.1) is 0 Å². The van der Waals surface area contributed by atoms with E-state index in [9.17, 15) is 4.79 Å². The van der Waals surface area contributed by atoms with E-state index in [0.717, 1.165) is 28.2 Å². The molecule has 0 aliphatic carbocycles. The molecule has 0 amide bonds. The quantitative estimate of drug-likeness (QED) is 0.561. The summed E-state index contributed by atoms with van der Waals surface area (Å²) in [6.45, 7) is 4.00. The van der Waals surface area contributed by atoms with Crippen LogP contribution in [0.4, 0.5) is 5.82 Å². The molecular formula is C21H20N6O2. The molecule has 4 rings (SSSR count). The monoisotopic (exact) mass is 388 g/mol. The summed E-state index contributed by atoms with van der Waals surface area (Å²) >= 11 is 0. The standard InChI is InChI=1S/C21H20N6O2/c1-13-4-5-16(10-23-13)21-18(14(2)29-26-21)12-27-20(28)8-17(11-25-27)15-6-7-19(22-3)24-9-15/h4-11H,12H2,1-3H3,(H,22,24). The van der Waals surface area contributed by atoms with E-state index in [1.165, 1.54) is 4.68 Å². The number of hydrogen-bond donors (Lipinski definition) is 1. The summed E-state index contributed by atoms with van der Waals surface area (Å²) in [5.41, 5.74) is 4.55. The normalized spacial score (nSPS) is 10.9. The van der Waals surface area contributed by atoms with E-state index in [1.807, 2.05) is 38.1 Å². The summed E-state index contributed by atoms with van der Waals surface area (Å²) in [6.07, 6.45) is 5.12. The fourth-order valence-corrected chi connectivity index (χ4v) is 2.98. The summed E-state index contributed by atoms with van der Waals surface area (Å²) in [5.74, 6) is 1.40. The molecule has 0 spiro atoms. The van der Waals surface area contributed by atoms with E-state index in [4.69, 9.17) is 4.52 Å². The van der Waals surface area contributed by atoms with Gasteiger partial charge in [0.05, 0.1) is 12.7 Å². The van der Waals surface area contributed by atoms with Gasteiger partial charge in [-0.25, -0.2) is 9.67 Å². The Morgan fingerprint density at radius 1 is 1.00 bits per heavy atom. The molecule has 4 aromatic rings. The second-order valence-electron chi connectivity index (χ2n) is 6.68. The molecular weight excluding hydrogens is 368 g/mol. The van der Waals surface area contributed by atoms with E-state index in [2.05, 4.69) is 25.5 Å². The minimum atomic E-state index is -0.214. The van der Waals surface area contributed by atoms with Gasteiger partial charge in [0.15, 0.2) is 0 Å². The van der Waals surface area contributed by atoms with Crippen LogP contribution in [0.3, 0.4) is 0 Å². The predicted molar refractivity (Wildman–Crippen MR) is 110 cm³/mol. The average Bonchev–Trinajstić information content (AvgIpc) is 3.10. The number of pyridine rings is 2. The summed E-state index contributed by atoms with van der Waals surface area (Å²) in [5, 5.41) is 11.5. The van der Waals surface area contributed by atoms with Crippen LogP contribution in [0, 0.1) is 13.8 Å². The Kier molecular flexibility index (Phi) is 4.90. The zero-order valence-corrected chi connectivity index (χ0v) is 16.4. The number of anilines is 1. The van der Waals surface area contributed by atoms with Crippen LogP contribution in [0.15, 0.2) is 58.2 Å². The van der Waals surface area contributed by atoms with Crippen LogP contribution in [0.1, 0.15) is 17.0 Å². The maximum atomic E-state index is 12.7. The highest BCUT2D eigenvalue weighted by Crippen LogP contribution is 2.25. The summed E-state index contributed by atoms with van der Waals surface area (Å²) < 4.78 is 6.76. The number of nitrogens with zero attached hydrogens (tertiary/aromatic N) is 5. The van der Waals surface area contributed by atoms with Crippen molar-refractivity contribution in [3.05, 3.63) is 76.3 Å². The Hall–Kier alpha value is -3.81. The Balaban J connectivity index is 1.64. The van der Waals surface area contributed by atoms with Crippen molar-refractivity contribution in [3.63, 3.8) is 0 Å². The minimum absolute atomic E-state index is 0.214. The first-order valence-corrected chi connectivity index (χ1v) is 9.14. The SMILES string of the molecule is CNc1ccc(-c2cnn(Cc3c(-c4ccc(C)nc4)noc3C)c(=O)c2)cn1. The maximum absolute atomic E-state index is 12.7. The second-order valence-corrected chi connectivity index (χ2v) is 6.68. The van der Waals surface area contributed by atoms with Gasteiger partial charge in [-0.05, 0) is 38.1 Å². The fraction of sp³-hybridized carbons (Fsp3) is 0.190. The molecule has 0 aromatic carbocycles. The molecule has 29 heavy (non-hydrogen) atoms. The second kappa shape index (κ2) is 7.67. The number of aromatic nitrogens is 5. The molecule has 0 unspecified atom stereocenters. The van der Waals surface area contributed by atoms with Gasteiger partial charge >= 0.3 is 0 Å². The number of aryl methyl sites for hydroxylation is 2. The van der Waals surface area contributed by atoms with Gasteiger partial charge < -0.3 is 9.84 Å². The van der Waals surface area contributed by atoms with Crippen LogP contribution >= 0.6 is 0 Å². The molecule has 146 valence electrons. The van der Waals surface area contributed by atoms with Gasteiger partial charge in [0.2, 0.25) is 0 Å². The highest BCUT2D eigenvalue weighted by atomic mass is 16.5. The third-order valence-electron chi connectivity index (χ3n) is 4.70. The lowest BCUT2D eigenvalue weighted by Gasteiger charge is -2.07. The summed E-state index contributed by atoms with van der Waals surface area (Å²) in [4.78, 5) is 21.3. The zero-order chi connectivity index (χ0) is 20.4. The first kappa shape index (κ1) is 18.5. The maximum Gasteiger partial charge on any atom is 0.267 e. The van der Waals surface area contributed by atoms with Gasteiger partial charge in [0, 0.05) is 53.5 Å². The van der Waals surface area contributed by atoms with Crippen LogP contribution in [-0.2, 0) is 6.54 Å². The first-order valence-electron chi connectivity index (χ1n) is 9.14. The van der Waals surface area contributed by atoms with E-state index in [1.54, 1.807) is 31.7 Å². The summed E-state index contributed by atoms with van der Waals surface area (Å²) in [7, 11) is 1.80. The van der Waals surface area contributed by atoms with E-state index < -0.39 is 0 Å². The molecule has 0 saturated heterocycles. The van der Waals surface area contributed by atoms with Gasteiger partial charge in [0.25, 0.3) is 5.56 Å². The molecule has 0 fully saturated rings. The Morgan fingerprint density at radius 2 is 1.79 bits per heavy atom. The topological polar surface area (TPSA) is 98.7 Å². The fourth-order valence-electron chi connectivity index (χ4n) is 2.98. The van der Waals surface area contributed by atoms with Crippen molar-refractivity contribution in [2.24, 2.45) is 0 Å². The molecule has 0 aliphatic heterocycles. The van der Waals surface area contributed by atoms with Crippen molar-refractivity contribution in [2.75, 3.05) is 12.4 Å². The van der Waals surface area contributed by atoms with Crippen LogP contribution < -0.4 is 10.9 Å². The molecule has 0 atom stereocenters. The smallest absolute Gasteiger partial charge is 0.267 e. The Labute approximate surface area is 167 Å². The third kappa shape index (κ3) is 3.77. The minimum Gasteiger partial charge on any atom is -0.373 e.